The highest BCUT2D eigenvalue weighted by Gasteiger charge is 2.13. The van der Waals surface area contributed by atoms with E-state index < -0.39 is 10.8 Å². The van der Waals surface area contributed by atoms with Crippen LogP contribution in [0.3, 0.4) is 0 Å². The van der Waals surface area contributed by atoms with E-state index in [-0.39, 0.29) is 23.8 Å². The molecule has 0 fully saturated rings. The number of H-pyrrole nitrogens is 1. The predicted molar refractivity (Wildman–Crippen MR) is 61.0 cm³/mol. The lowest BCUT2D eigenvalue weighted by Crippen LogP contribution is -2.25. The van der Waals surface area contributed by atoms with E-state index in [9.17, 15) is 19.7 Å². The zero-order valence-electron chi connectivity index (χ0n) is 9.76. The first-order valence-electron chi connectivity index (χ1n) is 5.22. The van der Waals surface area contributed by atoms with Crippen molar-refractivity contribution in [3.63, 3.8) is 0 Å². The Labute approximate surface area is 102 Å². The lowest BCUT2D eigenvalue weighted by molar-refractivity contribution is -0.384. The van der Waals surface area contributed by atoms with Gasteiger partial charge in [0.15, 0.2) is 0 Å². The molecule has 0 bridgehead atoms. The smallest absolute Gasteiger partial charge is 0.305 e. The van der Waals surface area contributed by atoms with Crippen molar-refractivity contribution in [2.45, 2.75) is 12.8 Å². The highest BCUT2D eigenvalue weighted by Crippen LogP contribution is 2.11. The third-order valence-electron chi connectivity index (χ3n) is 2.19. The summed E-state index contributed by atoms with van der Waals surface area (Å²) >= 11 is 0. The average Bonchev–Trinajstić information content (AvgIpc) is 2.83. The summed E-state index contributed by atoms with van der Waals surface area (Å²) in [5.41, 5.74) is -0.0607. The number of rotatable bonds is 6. The molecular formula is C10H13N3O5. The van der Waals surface area contributed by atoms with Gasteiger partial charge in [0.2, 0.25) is 0 Å². The number of esters is 1. The van der Waals surface area contributed by atoms with Gasteiger partial charge >= 0.3 is 5.97 Å². The Kier molecular flexibility index (Phi) is 4.85. The van der Waals surface area contributed by atoms with Crippen LogP contribution in [0.5, 0.6) is 0 Å². The monoisotopic (exact) mass is 255 g/mol. The van der Waals surface area contributed by atoms with E-state index in [1.54, 1.807) is 0 Å². The first kappa shape index (κ1) is 13.7. The van der Waals surface area contributed by atoms with Crippen molar-refractivity contribution in [1.29, 1.82) is 0 Å². The summed E-state index contributed by atoms with van der Waals surface area (Å²) < 4.78 is 4.44. The number of nitrogens with zero attached hydrogens (tertiary/aromatic N) is 1. The minimum Gasteiger partial charge on any atom is -0.469 e. The number of ether oxygens (including phenoxy) is 1. The van der Waals surface area contributed by atoms with Crippen molar-refractivity contribution < 1.29 is 19.2 Å². The predicted octanol–water partition coefficient (Wildman–Crippen LogP) is 0.606. The van der Waals surface area contributed by atoms with E-state index >= 15 is 0 Å². The molecule has 0 unspecified atom stereocenters. The van der Waals surface area contributed by atoms with Gasteiger partial charge in [0.1, 0.15) is 5.69 Å². The molecule has 0 aliphatic heterocycles. The molecule has 8 heteroatoms. The van der Waals surface area contributed by atoms with Crippen LogP contribution in [0.1, 0.15) is 23.3 Å². The minimum atomic E-state index is -0.593. The average molecular weight is 255 g/mol. The molecule has 0 aromatic carbocycles. The van der Waals surface area contributed by atoms with Gasteiger partial charge < -0.3 is 15.0 Å². The van der Waals surface area contributed by atoms with E-state index in [0.29, 0.717) is 13.0 Å². The maximum absolute atomic E-state index is 11.5. The lowest BCUT2D eigenvalue weighted by atomic mass is 10.3. The molecule has 1 aromatic rings. The van der Waals surface area contributed by atoms with Crippen LogP contribution in [0.15, 0.2) is 12.3 Å². The van der Waals surface area contributed by atoms with Gasteiger partial charge in [0, 0.05) is 19.0 Å². The van der Waals surface area contributed by atoms with Crippen LogP contribution in [0.2, 0.25) is 0 Å². The lowest BCUT2D eigenvalue weighted by Gasteiger charge is -2.02. The fourth-order valence-electron chi connectivity index (χ4n) is 1.25. The van der Waals surface area contributed by atoms with Gasteiger partial charge in [-0.1, -0.05) is 0 Å². The summed E-state index contributed by atoms with van der Waals surface area (Å²) in [6.45, 7) is 0.292. The minimum absolute atomic E-state index is 0.111. The Bertz CT molecular complexity index is 454. The van der Waals surface area contributed by atoms with Crippen molar-refractivity contribution >= 4 is 17.6 Å². The summed E-state index contributed by atoms with van der Waals surface area (Å²) in [6, 6.07) is 1.15. The fourth-order valence-corrected chi connectivity index (χ4v) is 1.25. The van der Waals surface area contributed by atoms with Crippen molar-refractivity contribution in [2.24, 2.45) is 0 Å². The molecule has 8 nitrogen and oxygen atoms in total. The van der Waals surface area contributed by atoms with Gasteiger partial charge in [-0.3, -0.25) is 19.7 Å². The van der Waals surface area contributed by atoms with Gasteiger partial charge in [-0.15, -0.1) is 0 Å². The largest absolute Gasteiger partial charge is 0.469 e. The van der Waals surface area contributed by atoms with Crippen molar-refractivity contribution in [3.8, 4) is 0 Å². The molecule has 1 amide bonds. The van der Waals surface area contributed by atoms with Crippen LogP contribution in [0.4, 0.5) is 5.69 Å². The number of nitrogens with one attached hydrogen (secondary N) is 2. The number of aromatic amines is 1. The first-order valence-corrected chi connectivity index (χ1v) is 5.22. The van der Waals surface area contributed by atoms with Gasteiger partial charge in [0.25, 0.3) is 11.6 Å². The molecule has 1 rings (SSSR count). The third kappa shape index (κ3) is 3.89. The SMILES string of the molecule is COC(=O)CCCNC(=O)c1cc([N+](=O)[O-])c[nH]1. The number of hydrogen-bond donors (Lipinski definition) is 2. The Morgan fingerprint density at radius 3 is 2.83 bits per heavy atom. The topological polar surface area (TPSA) is 114 Å². The zero-order valence-corrected chi connectivity index (χ0v) is 9.76. The summed E-state index contributed by atoms with van der Waals surface area (Å²) in [7, 11) is 1.29. The number of aromatic nitrogens is 1. The Balaban J connectivity index is 2.36. The fraction of sp³-hybridized carbons (Fsp3) is 0.400. The van der Waals surface area contributed by atoms with Crippen molar-refractivity contribution in [1.82, 2.24) is 10.3 Å². The molecule has 2 N–H and O–H groups in total. The number of carbonyl (C=O) groups is 2. The van der Waals surface area contributed by atoms with Crippen LogP contribution in [-0.4, -0.2) is 35.4 Å². The van der Waals surface area contributed by atoms with Gasteiger partial charge in [-0.2, -0.15) is 0 Å². The van der Waals surface area contributed by atoms with Crippen LogP contribution < -0.4 is 5.32 Å². The molecule has 98 valence electrons. The summed E-state index contributed by atoms with van der Waals surface area (Å²) in [5, 5.41) is 12.9. The van der Waals surface area contributed by atoms with Crippen molar-refractivity contribution in [2.75, 3.05) is 13.7 Å². The number of carbonyl (C=O) groups excluding carboxylic acids is 2. The van der Waals surface area contributed by atoms with Gasteiger partial charge in [-0.05, 0) is 6.42 Å². The molecular weight excluding hydrogens is 242 g/mol. The van der Waals surface area contributed by atoms with Crippen molar-refractivity contribution in [3.05, 3.63) is 28.1 Å². The second-order valence-electron chi connectivity index (χ2n) is 3.46. The summed E-state index contributed by atoms with van der Waals surface area (Å²) in [4.78, 5) is 34.6. The van der Waals surface area contributed by atoms with E-state index in [0.717, 1.165) is 12.3 Å². The Morgan fingerprint density at radius 2 is 2.28 bits per heavy atom. The first-order chi connectivity index (χ1) is 8.54. The highest BCUT2D eigenvalue weighted by molar-refractivity contribution is 5.93. The molecule has 0 saturated heterocycles. The second-order valence-corrected chi connectivity index (χ2v) is 3.46. The molecule has 18 heavy (non-hydrogen) atoms. The molecule has 0 aliphatic carbocycles. The summed E-state index contributed by atoms with van der Waals surface area (Å²) in [6.07, 6.45) is 1.80. The van der Waals surface area contributed by atoms with Gasteiger partial charge in [0.05, 0.1) is 18.2 Å². The van der Waals surface area contributed by atoms with E-state index in [4.69, 9.17) is 0 Å². The maximum atomic E-state index is 11.5. The number of methoxy groups -OCH3 is 1. The molecule has 0 atom stereocenters. The highest BCUT2D eigenvalue weighted by atomic mass is 16.6. The maximum Gasteiger partial charge on any atom is 0.305 e. The number of nitro groups is 1. The molecule has 0 aliphatic rings. The van der Waals surface area contributed by atoms with Gasteiger partial charge in [-0.25, -0.2) is 0 Å². The Hall–Kier alpha value is -2.38. The number of hydrogen-bond acceptors (Lipinski definition) is 5. The van der Waals surface area contributed by atoms with E-state index in [2.05, 4.69) is 15.0 Å². The van der Waals surface area contributed by atoms with Crippen LogP contribution in [-0.2, 0) is 9.53 Å². The molecule has 0 saturated carbocycles. The molecule has 1 heterocycles. The normalized spacial score (nSPS) is 9.83. The quantitative estimate of drug-likeness (QED) is 0.334. The van der Waals surface area contributed by atoms with Crippen LogP contribution in [0.25, 0.3) is 0 Å². The number of amides is 1. The Morgan fingerprint density at radius 1 is 1.56 bits per heavy atom. The second kappa shape index (κ2) is 6.38. The zero-order chi connectivity index (χ0) is 13.5. The standard InChI is InChI=1S/C10H13N3O5/c1-18-9(14)3-2-4-11-10(15)8-5-7(6-12-8)13(16)17/h5-6,12H,2-4H2,1H3,(H,11,15). The van der Waals surface area contributed by atoms with E-state index in [1.165, 1.54) is 7.11 Å². The van der Waals surface area contributed by atoms with E-state index in [1.807, 2.05) is 0 Å². The summed E-state index contributed by atoms with van der Waals surface area (Å²) in [5.74, 6) is -0.798. The molecule has 1 aromatic heterocycles. The molecule has 0 radical (unpaired) electrons. The van der Waals surface area contributed by atoms with Crippen LogP contribution >= 0.6 is 0 Å². The third-order valence-corrected chi connectivity index (χ3v) is 2.19. The van der Waals surface area contributed by atoms with Crippen LogP contribution in [0, 0.1) is 10.1 Å². The molecule has 0 spiro atoms.